The summed E-state index contributed by atoms with van der Waals surface area (Å²) in [7, 11) is 0. The molecule has 0 radical (unpaired) electrons. The van der Waals surface area contributed by atoms with Gasteiger partial charge < -0.3 is 19.9 Å². The number of carbonyl (C=O) groups is 5. The summed E-state index contributed by atoms with van der Waals surface area (Å²) in [5.74, 6) is -0.739. The number of nitrogens with one attached hydrogen (secondary N) is 2. The second kappa shape index (κ2) is 16.4. The minimum absolute atomic E-state index is 0.0928. The van der Waals surface area contributed by atoms with Crippen molar-refractivity contribution in [2.24, 2.45) is 16.7 Å². The monoisotopic (exact) mass is 850 g/mol. The molecule has 1 atom stereocenters. The Morgan fingerprint density at radius 2 is 1.52 bits per heavy atom. The first-order valence-electron chi connectivity index (χ1n) is 22.2. The van der Waals surface area contributed by atoms with Gasteiger partial charge in [0.1, 0.15) is 24.0 Å². The van der Waals surface area contributed by atoms with Crippen LogP contribution in [0, 0.1) is 28.1 Å². The molecule has 4 fully saturated rings. The summed E-state index contributed by atoms with van der Waals surface area (Å²) in [4.78, 5) is 76.8. The van der Waals surface area contributed by atoms with Crippen molar-refractivity contribution in [1.29, 1.82) is 5.26 Å². The first-order valence-corrected chi connectivity index (χ1v) is 22.2. The van der Waals surface area contributed by atoms with Crippen molar-refractivity contribution in [2.45, 2.75) is 78.0 Å². The van der Waals surface area contributed by atoms with Crippen molar-refractivity contribution in [3.05, 3.63) is 95.2 Å². The third-order valence-electron chi connectivity index (χ3n) is 14.3. The van der Waals surface area contributed by atoms with Gasteiger partial charge in [-0.25, -0.2) is 0 Å². The highest BCUT2D eigenvalue weighted by molar-refractivity contribution is 6.23. The van der Waals surface area contributed by atoms with Crippen molar-refractivity contribution in [3.63, 3.8) is 0 Å². The van der Waals surface area contributed by atoms with Crippen LogP contribution in [0.5, 0.6) is 5.75 Å². The molecular weight excluding hydrogens is 797 g/mol. The second-order valence-electron chi connectivity index (χ2n) is 18.9. The van der Waals surface area contributed by atoms with Crippen LogP contribution in [0.15, 0.2) is 72.9 Å². The highest BCUT2D eigenvalue weighted by atomic mass is 16.5. The molecule has 3 saturated heterocycles. The molecule has 5 heterocycles. The maximum absolute atomic E-state index is 13.6. The Labute approximate surface area is 367 Å². The second-order valence-corrected chi connectivity index (χ2v) is 18.9. The lowest BCUT2D eigenvalue weighted by molar-refractivity contribution is -0.163. The van der Waals surface area contributed by atoms with Gasteiger partial charge in [0, 0.05) is 91.1 Å². The molecule has 3 aromatic carbocycles. The predicted octanol–water partition coefficient (Wildman–Crippen LogP) is 5.55. The predicted molar refractivity (Wildman–Crippen MR) is 237 cm³/mol. The van der Waals surface area contributed by atoms with Crippen LogP contribution in [0.4, 0.5) is 11.4 Å². The Hall–Kier alpha value is -6.33. The van der Waals surface area contributed by atoms with Gasteiger partial charge in [0.25, 0.3) is 17.7 Å². The number of aromatic nitrogens is 1. The number of nitrogens with zero attached hydrogens (tertiary/aromatic N) is 6. The molecule has 4 aromatic rings. The number of ether oxygens (including phenoxy) is 1. The van der Waals surface area contributed by atoms with Crippen LogP contribution < -0.4 is 25.2 Å². The van der Waals surface area contributed by atoms with Gasteiger partial charge in [-0.1, -0.05) is 27.7 Å². The Morgan fingerprint density at radius 3 is 2.22 bits per heavy atom. The molecule has 14 nitrogen and oxygen atoms in total. The first kappa shape index (κ1) is 42.0. The number of anilines is 2. The van der Waals surface area contributed by atoms with Gasteiger partial charge in [0.05, 0.1) is 22.2 Å². The number of fused-ring (bicyclic) bond motifs is 2. The average molecular weight is 851 g/mol. The number of imide groups is 2. The molecular formula is C49H54N8O6. The fraction of sp³-hybridized carbons (Fsp3) is 0.449. The quantitative estimate of drug-likeness (QED) is 0.192. The van der Waals surface area contributed by atoms with Gasteiger partial charge in [-0.2, -0.15) is 5.26 Å². The zero-order valence-electron chi connectivity index (χ0n) is 36.4. The van der Waals surface area contributed by atoms with Crippen molar-refractivity contribution in [2.75, 3.05) is 55.6 Å². The zero-order valence-corrected chi connectivity index (χ0v) is 36.4. The van der Waals surface area contributed by atoms with E-state index in [4.69, 9.17) is 4.74 Å². The molecule has 9 rings (SSSR count). The minimum Gasteiger partial charge on any atom is -0.488 e. The molecule has 0 bridgehead atoms. The van der Waals surface area contributed by atoms with E-state index in [0.717, 1.165) is 86.7 Å². The molecule has 1 aliphatic carbocycles. The maximum Gasteiger partial charge on any atom is 0.262 e. The number of nitriles is 1. The molecule has 2 N–H and O–H groups in total. The van der Waals surface area contributed by atoms with E-state index in [1.54, 1.807) is 24.4 Å². The number of hydrogen-bond acceptors (Lipinski definition) is 11. The van der Waals surface area contributed by atoms with Crippen LogP contribution in [-0.2, 0) is 9.59 Å². The zero-order chi connectivity index (χ0) is 44.2. The van der Waals surface area contributed by atoms with E-state index < -0.39 is 29.7 Å². The van der Waals surface area contributed by atoms with Crippen LogP contribution >= 0.6 is 0 Å². The number of amides is 5. The molecule has 5 amide bonds. The number of piperidine rings is 2. The Kier molecular flexibility index (Phi) is 10.9. The summed E-state index contributed by atoms with van der Waals surface area (Å²) in [6.45, 7) is 14.9. The summed E-state index contributed by atoms with van der Waals surface area (Å²) in [5, 5.41) is 16.0. The fourth-order valence-electron chi connectivity index (χ4n) is 11.0. The number of piperazine rings is 1. The fourth-order valence-corrected chi connectivity index (χ4v) is 11.0. The number of rotatable bonds is 10. The van der Waals surface area contributed by atoms with Gasteiger partial charge in [-0.15, -0.1) is 0 Å². The summed E-state index contributed by atoms with van der Waals surface area (Å²) in [6.07, 6.45) is 5.09. The maximum atomic E-state index is 13.6. The molecule has 1 unspecified atom stereocenters. The Balaban J connectivity index is 0.721. The van der Waals surface area contributed by atoms with E-state index >= 15 is 0 Å². The Bertz CT molecular complexity index is 2520. The lowest BCUT2D eigenvalue weighted by Gasteiger charge is -2.63. The molecule has 14 heteroatoms. The van der Waals surface area contributed by atoms with Gasteiger partial charge in [-0.3, -0.25) is 44.1 Å². The number of hydrogen-bond donors (Lipinski definition) is 2. The first-order chi connectivity index (χ1) is 30.2. The molecule has 63 heavy (non-hydrogen) atoms. The number of pyridine rings is 1. The Morgan fingerprint density at radius 1 is 0.841 bits per heavy atom. The number of benzene rings is 3. The van der Waals surface area contributed by atoms with Gasteiger partial charge in [-0.05, 0) is 105 Å². The lowest BCUT2D eigenvalue weighted by atomic mass is 9.49. The highest BCUT2D eigenvalue weighted by Crippen LogP contribution is 2.56. The van der Waals surface area contributed by atoms with Crippen LogP contribution in [0.3, 0.4) is 0 Å². The van der Waals surface area contributed by atoms with Crippen LogP contribution in [0.2, 0.25) is 0 Å². The van der Waals surface area contributed by atoms with Crippen molar-refractivity contribution in [1.82, 2.24) is 25.4 Å². The van der Waals surface area contributed by atoms with Crippen LogP contribution in [0.1, 0.15) is 96.4 Å². The topological polar surface area (TPSA) is 168 Å². The van der Waals surface area contributed by atoms with Crippen molar-refractivity contribution >= 4 is 51.8 Å². The molecule has 326 valence electrons. The molecule has 1 saturated carbocycles. The standard InChI is InChI=1S/C49H54N8O6/c1-48(2)46(49(3,4)47(48)63-39-15-9-32(29-50)41-36(39)6-5-20-51-41)53-42(59)31-7-10-33(11-8-31)55-22-18-30(19-23-55)17-21-54-24-26-56(27-25-54)34-12-13-35-37(28-34)45(62)57(44(35)61)38-14-16-40(58)52-43(38)60/h5-13,15,20,28,30,38,46-47H,14,16-19,21-27H2,1-4H3,(H,53,59)(H,52,58,60). The summed E-state index contributed by atoms with van der Waals surface area (Å²) in [6, 6.07) is 21.8. The molecule has 5 aliphatic rings. The molecule has 1 aromatic heterocycles. The minimum atomic E-state index is -0.972. The average Bonchev–Trinajstić information content (AvgIpc) is 3.54. The van der Waals surface area contributed by atoms with Crippen LogP contribution in [-0.4, -0.2) is 108 Å². The smallest absolute Gasteiger partial charge is 0.262 e. The van der Waals surface area contributed by atoms with E-state index in [9.17, 15) is 29.2 Å². The SMILES string of the molecule is CC1(C)C(NC(=O)c2ccc(N3CCC(CCN4CCN(c5ccc6c(c5)C(=O)N(C5CCC(=O)NC5=O)C6=O)CC4)CC3)cc2)C(C)(C)C1Oc1ccc(C#N)c2ncccc12. The van der Waals surface area contributed by atoms with Crippen molar-refractivity contribution in [3.8, 4) is 11.8 Å². The van der Waals surface area contributed by atoms with E-state index in [-0.39, 0.29) is 41.7 Å². The molecule has 4 aliphatic heterocycles. The summed E-state index contributed by atoms with van der Waals surface area (Å²) in [5.41, 5.74) is 3.66. The largest absolute Gasteiger partial charge is 0.488 e. The highest BCUT2D eigenvalue weighted by Gasteiger charge is 2.64. The summed E-state index contributed by atoms with van der Waals surface area (Å²) >= 11 is 0. The normalized spacial score (nSPS) is 23.5. The van der Waals surface area contributed by atoms with Gasteiger partial charge in [0.15, 0.2) is 0 Å². The van der Waals surface area contributed by atoms with Gasteiger partial charge >= 0.3 is 0 Å². The third-order valence-corrected chi connectivity index (χ3v) is 14.3. The van der Waals surface area contributed by atoms with Gasteiger partial charge in [0.2, 0.25) is 11.8 Å². The van der Waals surface area contributed by atoms with E-state index in [1.807, 2.05) is 36.4 Å². The number of carbonyl (C=O) groups excluding carboxylic acids is 5. The molecule has 0 spiro atoms. The summed E-state index contributed by atoms with van der Waals surface area (Å²) < 4.78 is 6.66. The lowest BCUT2D eigenvalue weighted by Crippen LogP contribution is -2.74. The van der Waals surface area contributed by atoms with E-state index in [1.165, 1.54) is 0 Å². The van der Waals surface area contributed by atoms with E-state index in [2.05, 4.69) is 76.2 Å². The van der Waals surface area contributed by atoms with E-state index in [0.29, 0.717) is 39.4 Å². The van der Waals surface area contributed by atoms with Crippen LogP contribution in [0.25, 0.3) is 10.9 Å². The third kappa shape index (κ3) is 7.66. The van der Waals surface area contributed by atoms with Crippen molar-refractivity contribution < 1.29 is 28.7 Å².